The van der Waals surface area contributed by atoms with Gasteiger partial charge in [0, 0.05) is 18.8 Å². The molecule has 102 valence electrons. The van der Waals surface area contributed by atoms with E-state index in [4.69, 9.17) is 0 Å². The van der Waals surface area contributed by atoms with Gasteiger partial charge in [-0.15, -0.1) is 5.10 Å². The van der Waals surface area contributed by atoms with Crippen LogP contribution in [0.25, 0.3) is 0 Å². The Balaban J connectivity index is 1.75. The van der Waals surface area contributed by atoms with Crippen LogP contribution in [0.2, 0.25) is 0 Å². The lowest BCUT2D eigenvalue weighted by atomic mass is 10.4. The number of carbonyl (C=O) groups excluding carboxylic acids is 1. The Labute approximate surface area is 111 Å². The minimum absolute atomic E-state index is 0.184. The van der Waals surface area contributed by atoms with Crippen molar-refractivity contribution in [1.82, 2.24) is 30.3 Å². The fourth-order valence-electron chi connectivity index (χ4n) is 1.86. The van der Waals surface area contributed by atoms with Gasteiger partial charge in [0.1, 0.15) is 5.82 Å². The van der Waals surface area contributed by atoms with Crippen LogP contribution < -0.4 is 5.32 Å². The minimum atomic E-state index is -0.252. The summed E-state index contributed by atoms with van der Waals surface area (Å²) in [5.41, 5.74) is 2.14. The first kappa shape index (κ1) is 13.3. The van der Waals surface area contributed by atoms with Gasteiger partial charge < -0.3 is 5.32 Å². The topological polar surface area (TPSA) is 88.5 Å². The zero-order chi connectivity index (χ0) is 13.8. The smallest absolute Gasteiger partial charge is 0.290 e. The first-order valence-corrected chi connectivity index (χ1v) is 6.24. The Hall–Kier alpha value is -2.18. The van der Waals surface area contributed by atoms with E-state index in [0.29, 0.717) is 12.4 Å². The molecule has 1 amide bonds. The number of rotatable bonds is 5. The molecule has 0 unspecified atom stereocenters. The molecule has 0 aromatic carbocycles. The zero-order valence-corrected chi connectivity index (χ0v) is 11.4. The van der Waals surface area contributed by atoms with E-state index in [0.717, 1.165) is 24.4 Å². The van der Waals surface area contributed by atoms with E-state index < -0.39 is 0 Å². The number of hydrogen-bond acceptors (Lipinski definition) is 4. The summed E-state index contributed by atoms with van der Waals surface area (Å²) in [5, 5.41) is 13.6. The molecule has 0 atom stereocenters. The van der Waals surface area contributed by atoms with Crippen molar-refractivity contribution in [2.45, 2.75) is 33.7 Å². The molecule has 2 aromatic heterocycles. The molecule has 19 heavy (non-hydrogen) atoms. The second-order valence-electron chi connectivity index (χ2n) is 4.50. The van der Waals surface area contributed by atoms with Crippen LogP contribution in [-0.4, -0.2) is 37.4 Å². The van der Waals surface area contributed by atoms with E-state index in [-0.39, 0.29) is 11.7 Å². The SMILES string of the molecule is Cc1cc(C)n(CCCNC(=O)c2n[nH]c(C)n2)n1. The summed E-state index contributed by atoms with van der Waals surface area (Å²) in [6, 6.07) is 2.04. The maximum atomic E-state index is 11.7. The quantitative estimate of drug-likeness (QED) is 0.778. The van der Waals surface area contributed by atoms with Crippen molar-refractivity contribution < 1.29 is 4.79 Å². The predicted molar refractivity (Wildman–Crippen MR) is 69.8 cm³/mol. The van der Waals surface area contributed by atoms with E-state index >= 15 is 0 Å². The molecule has 0 saturated heterocycles. The molecule has 2 heterocycles. The van der Waals surface area contributed by atoms with Gasteiger partial charge in [0.25, 0.3) is 5.91 Å². The second-order valence-corrected chi connectivity index (χ2v) is 4.50. The Bertz CT molecular complexity index is 571. The van der Waals surface area contributed by atoms with Crippen LogP contribution in [0.1, 0.15) is 34.3 Å². The number of aromatic nitrogens is 5. The molecule has 0 saturated carbocycles. The van der Waals surface area contributed by atoms with Crippen LogP contribution in [0.3, 0.4) is 0 Å². The molecule has 2 aromatic rings. The van der Waals surface area contributed by atoms with Crippen LogP contribution in [0.15, 0.2) is 6.07 Å². The third-order valence-corrected chi connectivity index (χ3v) is 2.74. The largest absolute Gasteiger partial charge is 0.349 e. The number of carbonyl (C=O) groups is 1. The molecule has 7 nitrogen and oxygen atoms in total. The van der Waals surface area contributed by atoms with Gasteiger partial charge in [-0.25, -0.2) is 4.98 Å². The van der Waals surface area contributed by atoms with Gasteiger partial charge in [-0.3, -0.25) is 14.6 Å². The first-order chi connectivity index (χ1) is 9.06. The number of aromatic amines is 1. The Morgan fingerprint density at radius 2 is 2.21 bits per heavy atom. The number of nitrogens with one attached hydrogen (secondary N) is 2. The summed E-state index contributed by atoms with van der Waals surface area (Å²) in [6.07, 6.45) is 0.817. The lowest BCUT2D eigenvalue weighted by Gasteiger charge is -2.05. The molecule has 2 N–H and O–H groups in total. The molecular formula is C12H18N6O. The number of aryl methyl sites for hydroxylation is 4. The normalized spacial score (nSPS) is 10.7. The van der Waals surface area contributed by atoms with Crippen molar-refractivity contribution in [1.29, 1.82) is 0 Å². The highest BCUT2D eigenvalue weighted by molar-refractivity contribution is 5.90. The van der Waals surface area contributed by atoms with Gasteiger partial charge in [0.15, 0.2) is 0 Å². The maximum Gasteiger partial charge on any atom is 0.290 e. The fraction of sp³-hybridized carbons (Fsp3) is 0.500. The maximum absolute atomic E-state index is 11.7. The minimum Gasteiger partial charge on any atom is -0.349 e. The van der Waals surface area contributed by atoms with Crippen molar-refractivity contribution >= 4 is 5.91 Å². The standard InChI is InChI=1S/C12H18N6O/c1-8-7-9(2)18(17-8)6-4-5-13-12(19)11-14-10(3)15-16-11/h7H,4-6H2,1-3H3,(H,13,19)(H,14,15,16). The van der Waals surface area contributed by atoms with E-state index in [1.807, 2.05) is 24.6 Å². The summed E-state index contributed by atoms with van der Waals surface area (Å²) in [6.45, 7) is 7.11. The van der Waals surface area contributed by atoms with Gasteiger partial charge >= 0.3 is 0 Å². The molecule has 0 spiro atoms. The lowest BCUT2D eigenvalue weighted by Crippen LogP contribution is -2.26. The summed E-state index contributed by atoms with van der Waals surface area (Å²) in [5.74, 6) is 0.564. The summed E-state index contributed by atoms with van der Waals surface area (Å²) >= 11 is 0. The summed E-state index contributed by atoms with van der Waals surface area (Å²) in [7, 11) is 0. The molecule has 0 fully saturated rings. The first-order valence-electron chi connectivity index (χ1n) is 6.24. The monoisotopic (exact) mass is 262 g/mol. The average molecular weight is 262 g/mol. The van der Waals surface area contributed by atoms with Gasteiger partial charge in [-0.2, -0.15) is 5.10 Å². The van der Waals surface area contributed by atoms with E-state index in [1.54, 1.807) is 6.92 Å². The number of H-pyrrole nitrogens is 1. The van der Waals surface area contributed by atoms with E-state index in [9.17, 15) is 4.79 Å². The summed E-state index contributed by atoms with van der Waals surface area (Å²) in [4.78, 5) is 15.6. The van der Waals surface area contributed by atoms with Crippen molar-refractivity contribution in [3.8, 4) is 0 Å². The third-order valence-electron chi connectivity index (χ3n) is 2.74. The molecule has 0 aliphatic carbocycles. The predicted octanol–water partition coefficient (Wildman–Crippen LogP) is 0.747. The van der Waals surface area contributed by atoms with Crippen molar-refractivity contribution in [2.75, 3.05) is 6.54 Å². The average Bonchev–Trinajstić information content (AvgIpc) is 2.91. The number of hydrogen-bond donors (Lipinski definition) is 2. The van der Waals surface area contributed by atoms with Gasteiger partial charge in [-0.1, -0.05) is 0 Å². The molecule has 2 rings (SSSR count). The van der Waals surface area contributed by atoms with Gasteiger partial charge in [0.2, 0.25) is 5.82 Å². The van der Waals surface area contributed by atoms with Crippen LogP contribution >= 0.6 is 0 Å². The van der Waals surface area contributed by atoms with Gasteiger partial charge in [0.05, 0.1) is 5.69 Å². The lowest BCUT2D eigenvalue weighted by molar-refractivity contribution is 0.0942. The molecular weight excluding hydrogens is 244 g/mol. The zero-order valence-electron chi connectivity index (χ0n) is 11.4. The molecule has 0 bridgehead atoms. The molecule has 0 aliphatic rings. The van der Waals surface area contributed by atoms with Crippen LogP contribution in [0.5, 0.6) is 0 Å². The molecule has 7 heteroatoms. The Morgan fingerprint density at radius 1 is 1.42 bits per heavy atom. The highest BCUT2D eigenvalue weighted by Gasteiger charge is 2.10. The van der Waals surface area contributed by atoms with Crippen molar-refractivity contribution in [2.24, 2.45) is 0 Å². The Morgan fingerprint density at radius 3 is 2.79 bits per heavy atom. The second kappa shape index (κ2) is 5.64. The Kier molecular flexibility index (Phi) is 3.94. The van der Waals surface area contributed by atoms with Crippen LogP contribution in [0, 0.1) is 20.8 Å². The number of amides is 1. The molecule has 0 radical (unpaired) electrons. The summed E-state index contributed by atoms with van der Waals surface area (Å²) < 4.78 is 1.94. The fourth-order valence-corrected chi connectivity index (χ4v) is 1.86. The number of nitrogens with zero attached hydrogens (tertiary/aromatic N) is 4. The third kappa shape index (κ3) is 3.40. The van der Waals surface area contributed by atoms with E-state index in [2.05, 4.69) is 25.6 Å². The highest BCUT2D eigenvalue weighted by atomic mass is 16.2. The van der Waals surface area contributed by atoms with E-state index in [1.165, 1.54) is 0 Å². The molecule has 0 aliphatic heterocycles. The van der Waals surface area contributed by atoms with Crippen LogP contribution in [0.4, 0.5) is 0 Å². The highest BCUT2D eigenvalue weighted by Crippen LogP contribution is 2.02. The van der Waals surface area contributed by atoms with Crippen molar-refractivity contribution in [3.63, 3.8) is 0 Å². The van der Waals surface area contributed by atoms with Crippen molar-refractivity contribution in [3.05, 3.63) is 29.1 Å². The van der Waals surface area contributed by atoms with Crippen LogP contribution in [-0.2, 0) is 6.54 Å². The van der Waals surface area contributed by atoms with Gasteiger partial charge in [-0.05, 0) is 33.3 Å².